The number of hydrogen-bond donors (Lipinski definition) is 2. The van der Waals surface area contributed by atoms with E-state index in [1.54, 1.807) is 0 Å². The number of aryl methyl sites for hydroxylation is 1. The molecule has 0 fully saturated rings. The highest BCUT2D eigenvalue weighted by molar-refractivity contribution is 5.81. The van der Waals surface area contributed by atoms with Gasteiger partial charge in [-0.1, -0.05) is 43.2 Å². The first kappa shape index (κ1) is 13.7. The second-order valence-electron chi connectivity index (χ2n) is 4.54. The molecule has 0 aliphatic rings. The Morgan fingerprint density at radius 1 is 1.35 bits per heavy atom. The van der Waals surface area contributed by atoms with E-state index < -0.39 is 6.04 Å². The lowest BCUT2D eigenvalue weighted by atomic mass is 10.1. The Balaban J connectivity index is 2.57. The molecular weight excluding hydrogens is 212 g/mol. The molecule has 0 aromatic heterocycles. The molecule has 0 saturated heterocycles. The van der Waals surface area contributed by atoms with Gasteiger partial charge in [-0.05, 0) is 25.8 Å². The third-order valence-electron chi connectivity index (χ3n) is 2.87. The first-order valence-electron chi connectivity index (χ1n) is 6.17. The van der Waals surface area contributed by atoms with Gasteiger partial charge < -0.3 is 11.1 Å². The first-order chi connectivity index (χ1) is 8.04. The molecule has 1 aromatic carbocycles. The van der Waals surface area contributed by atoms with Crippen LogP contribution in [0.5, 0.6) is 0 Å². The number of carbonyl (C=O) groups excluding carboxylic acids is 1. The predicted octanol–water partition coefficient (Wildman–Crippen LogP) is 2.30. The third-order valence-corrected chi connectivity index (χ3v) is 2.87. The number of amides is 1. The van der Waals surface area contributed by atoms with Crippen LogP contribution >= 0.6 is 0 Å². The van der Waals surface area contributed by atoms with Crippen molar-refractivity contribution in [2.24, 2.45) is 5.73 Å². The van der Waals surface area contributed by atoms with Crippen molar-refractivity contribution in [2.45, 2.75) is 45.7 Å². The Morgan fingerprint density at radius 3 is 2.47 bits per heavy atom. The highest BCUT2D eigenvalue weighted by Crippen LogP contribution is 2.13. The summed E-state index contributed by atoms with van der Waals surface area (Å²) in [5, 5.41) is 2.94. The monoisotopic (exact) mass is 234 g/mol. The quantitative estimate of drug-likeness (QED) is 0.821. The zero-order valence-electron chi connectivity index (χ0n) is 10.9. The minimum Gasteiger partial charge on any atom is -0.348 e. The van der Waals surface area contributed by atoms with Gasteiger partial charge in [0.05, 0.1) is 12.1 Å². The molecule has 0 heterocycles. The van der Waals surface area contributed by atoms with Gasteiger partial charge in [-0.2, -0.15) is 0 Å². The van der Waals surface area contributed by atoms with Crippen LogP contribution in [0.15, 0.2) is 24.3 Å². The topological polar surface area (TPSA) is 55.1 Å². The zero-order chi connectivity index (χ0) is 12.8. The van der Waals surface area contributed by atoms with Crippen molar-refractivity contribution >= 4 is 5.91 Å². The molecule has 3 heteroatoms. The maximum atomic E-state index is 11.7. The van der Waals surface area contributed by atoms with Crippen LogP contribution in [0.1, 0.15) is 43.9 Å². The fourth-order valence-electron chi connectivity index (χ4n) is 1.70. The average molecular weight is 234 g/mol. The van der Waals surface area contributed by atoms with Gasteiger partial charge in [-0.25, -0.2) is 0 Å². The standard InChI is InChI=1S/C14H22N2O/c1-4-5-13(15)14(17)16-11(3)12-8-6-10(2)7-9-12/h6-9,11,13H,4-5,15H2,1-3H3,(H,16,17)/t11?,13-/m0/s1. The summed E-state index contributed by atoms with van der Waals surface area (Å²) in [5.41, 5.74) is 8.09. The van der Waals surface area contributed by atoms with Gasteiger partial charge in [0.15, 0.2) is 0 Å². The van der Waals surface area contributed by atoms with Crippen LogP contribution in [-0.4, -0.2) is 11.9 Å². The molecule has 0 spiro atoms. The Morgan fingerprint density at radius 2 is 1.94 bits per heavy atom. The summed E-state index contributed by atoms with van der Waals surface area (Å²) in [4.78, 5) is 11.7. The van der Waals surface area contributed by atoms with Crippen molar-refractivity contribution in [2.75, 3.05) is 0 Å². The number of carbonyl (C=O) groups is 1. The average Bonchev–Trinajstić information content (AvgIpc) is 2.30. The van der Waals surface area contributed by atoms with E-state index in [4.69, 9.17) is 5.73 Å². The van der Waals surface area contributed by atoms with Gasteiger partial charge in [-0.15, -0.1) is 0 Å². The number of benzene rings is 1. The Labute approximate surface area is 103 Å². The van der Waals surface area contributed by atoms with Crippen molar-refractivity contribution in [3.8, 4) is 0 Å². The molecule has 0 radical (unpaired) electrons. The molecule has 1 unspecified atom stereocenters. The van der Waals surface area contributed by atoms with Crippen molar-refractivity contribution in [1.82, 2.24) is 5.32 Å². The molecule has 0 aliphatic heterocycles. The maximum Gasteiger partial charge on any atom is 0.237 e. The van der Waals surface area contributed by atoms with Crippen LogP contribution in [0.25, 0.3) is 0 Å². The van der Waals surface area contributed by atoms with E-state index in [0.717, 1.165) is 18.4 Å². The van der Waals surface area contributed by atoms with Gasteiger partial charge in [0, 0.05) is 0 Å². The molecular formula is C14H22N2O. The fraction of sp³-hybridized carbons (Fsp3) is 0.500. The molecule has 1 amide bonds. The van der Waals surface area contributed by atoms with Crippen molar-refractivity contribution in [1.29, 1.82) is 0 Å². The maximum absolute atomic E-state index is 11.7. The molecule has 3 nitrogen and oxygen atoms in total. The largest absolute Gasteiger partial charge is 0.348 e. The predicted molar refractivity (Wildman–Crippen MR) is 70.6 cm³/mol. The normalized spacial score (nSPS) is 14.1. The van der Waals surface area contributed by atoms with E-state index in [9.17, 15) is 4.79 Å². The second kappa shape index (κ2) is 6.40. The minimum atomic E-state index is -0.395. The summed E-state index contributed by atoms with van der Waals surface area (Å²) in [5.74, 6) is -0.0695. The number of nitrogens with two attached hydrogens (primary N) is 1. The summed E-state index contributed by atoms with van der Waals surface area (Å²) in [6.07, 6.45) is 1.65. The summed E-state index contributed by atoms with van der Waals surface area (Å²) in [6, 6.07) is 7.77. The van der Waals surface area contributed by atoms with Crippen molar-refractivity contribution in [3.05, 3.63) is 35.4 Å². The molecule has 17 heavy (non-hydrogen) atoms. The molecule has 0 saturated carbocycles. The number of rotatable bonds is 5. The number of nitrogens with one attached hydrogen (secondary N) is 1. The van der Waals surface area contributed by atoms with E-state index >= 15 is 0 Å². The van der Waals surface area contributed by atoms with Crippen LogP contribution in [0.3, 0.4) is 0 Å². The van der Waals surface area contributed by atoms with E-state index in [2.05, 4.69) is 5.32 Å². The van der Waals surface area contributed by atoms with Crippen molar-refractivity contribution in [3.63, 3.8) is 0 Å². The Kier molecular flexibility index (Phi) is 5.16. The molecule has 0 aliphatic carbocycles. The fourth-order valence-corrected chi connectivity index (χ4v) is 1.70. The lowest BCUT2D eigenvalue weighted by molar-refractivity contribution is -0.123. The number of hydrogen-bond acceptors (Lipinski definition) is 2. The van der Waals surface area contributed by atoms with Crippen LogP contribution in [0.2, 0.25) is 0 Å². The van der Waals surface area contributed by atoms with E-state index in [1.165, 1.54) is 5.56 Å². The Hall–Kier alpha value is -1.35. The highest BCUT2D eigenvalue weighted by Gasteiger charge is 2.15. The highest BCUT2D eigenvalue weighted by atomic mass is 16.2. The second-order valence-corrected chi connectivity index (χ2v) is 4.54. The van der Waals surface area contributed by atoms with Crippen LogP contribution in [-0.2, 0) is 4.79 Å². The van der Waals surface area contributed by atoms with Crippen molar-refractivity contribution < 1.29 is 4.79 Å². The Bertz CT molecular complexity index is 359. The molecule has 1 aromatic rings. The van der Waals surface area contributed by atoms with E-state index in [-0.39, 0.29) is 11.9 Å². The first-order valence-corrected chi connectivity index (χ1v) is 6.17. The van der Waals surface area contributed by atoms with Gasteiger partial charge in [0.1, 0.15) is 0 Å². The summed E-state index contributed by atoms with van der Waals surface area (Å²) in [6.45, 7) is 6.04. The summed E-state index contributed by atoms with van der Waals surface area (Å²) >= 11 is 0. The SMILES string of the molecule is CCC[C@H](N)C(=O)NC(C)c1ccc(C)cc1. The lowest BCUT2D eigenvalue weighted by Crippen LogP contribution is -2.41. The van der Waals surface area contributed by atoms with E-state index in [1.807, 2.05) is 45.0 Å². The van der Waals surface area contributed by atoms with Gasteiger partial charge in [-0.3, -0.25) is 4.79 Å². The summed E-state index contributed by atoms with van der Waals surface area (Å²) < 4.78 is 0. The molecule has 2 atom stereocenters. The van der Waals surface area contributed by atoms with Gasteiger partial charge in [0.2, 0.25) is 5.91 Å². The molecule has 3 N–H and O–H groups in total. The van der Waals surface area contributed by atoms with Gasteiger partial charge >= 0.3 is 0 Å². The molecule has 94 valence electrons. The summed E-state index contributed by atoms with van der Waals surface area (Å²) in [7, 11) is 0. The van der Waals surface area contributed by atoms with Crippen LogP contribution in [0.4, 0.5) is 0 Å². The van der Waals surface area contributed by atoms with Crippen LogP contribution < -0.4 is 11.1 Å². The smallest absolute Gasteiger partial charge is 0.237 e. The third kappa shape index (κ3) is 4.19. The lowest BCUT2D eigenvalue weighted by Gasteiger charge is -2.17. The van der Waals surface area contributed by atoms with Crippen LogP contribution in [0, 0.1) is 6.92 Å². The van der Waals surface area contributed by atoms with E-state index in [0.29, 0.717) is 0 Å². The zero-order valence-corrected chi connectivity index (χ0v) is 10.9. The van der Waals surface area contributed by atoms with Gasteiger partial charge in [0.25, 0.3) is 0 Å². The molecule has 0 bridgehead atoms. The minimum absolute atomic E-state index is 0.00556. The molecule has 1 rings (SSSR count).